The predicted octanol–water partition coefficient (Wildman–Crippen LogP) is 1.87. The van der Waals surface area contributed by atoms with Gasteiger partial charge in [0.1, 0.15) is 0 Å². The number of ether oxygens (including phenoxy) is 3. The van der Waals surface area contributed by atoms with Gasteiger partial charge in [-0.1, -0.05) is 12.2 Å². The molecule has 2 aliphatic heterocycles. The van der Waals surface area contributed by atoms with Crippen LogP contribution in [0, 0.1) is 0 Å². The molecule has 80 valence electrons. The summed E-state index contributed by atoms with van der Waals surface area (Å²) in [6.45, 7) is 2.03. The molecular weight excluding hydrogens is 180 g/mol. The van der Waals surface area contributed by atoms with Crippen LogP contribution in [0.4, 0.5) is 0 Å². The Morgan fingerprint density at radius 1 is 1.29 bits per heavy atom. The topological polar surface area (TPSA) is 27.7 Å². The lowest BCUT2D eigenvalue weighted by molar-refractivity contribution is -0.115. The van der Waals surface area contributed by atoms with Crippen molar-refractivity contribution in [2.75, 3.05) is 7.11 Å². The minimum Gasteiger partial charge on any atom is -0.372 e. The van der Waals surface area contributed by atoms with E-state index >= 15 is 0 Å². The number of allylic oxidation sites excluding steroid dienone is 1. The summed E-state index contributed by atoms with van der Waals surface area (Å²) in [4.78, 5) is 0. The Bertz CT molecular complexity index is 201. The van der Waals surface area contributed by atoms with E-state index in [-0.39, 0.29) is 18.5 Å². The maximum atomic E-state index is 5.86. The Kier molecular flexibility index (Phi) is 3.21. The maximum absolute atomic E-state index is 5.86. The zero-order chi connectivity index (χ0) is 9.97. The molecule has 0 aliphatic carbocycles. The molecule has 0 bridgehead atoms. The largest absolute Gasteiger partial charge is 0.372 e. The van der Waals surface area contributed by atoms with E-state index in [2.05, 4.69) is 12.2 Å². The first-order chi connectivity index (χ1) is 6.83. The van der Waals surface area contributed by atoms with Gasteiger partial charge in [-0.2, -0.15) is 0 Å². The summed E-state index contributed by atoms with van der Waals surface area (Å²) in [5, 5.41) is 0. The van der Waals surface area contributed by atoms with Crippen molar-refractivity contribution in [2.24, 2.45) is 0 Å². The molecule has 3 heteroatoms. The highest BCUT2D eigenvalue weighted by molar-refractivity contribution is 4.92. The maximum Gasteiger partial charge on any atom is 0.160 e. The van der Waals surface area contributed by atoms with Crippen LogP contribution in [-0.4, -0.2) is 31.7 Å². The van der Waals surface area contributed by atoms with E-state index in [0.29, 0.717) is 6.10 Å². The van der Waals surface area contributed by atoms with Crippen LogP contribution < -0.4 is 0 Å². The molecule has 0 amide bonds. The van der Waals surface area contributed by atoms with Crippen LogP contribution in [0.5, 0.6) is 0 Å². The summed E-state index contributed by atoms with van der Waals surface area (Å²) in [5.41, 5.74) is 0. The van der Waals surface area contributed by atoms with Crippen molar-refractivity contribution >= 4 is 0 Å². The first-order valence-corrected chi connectivity index (χ1v) is 5.28. The number of hydrogen-bond acceptors (Lipinski definition) is 3. The van der Waals surface area contributed by atoms with E-state index in [1.54, 1.807) is 7.11 Å². The summed E-state index contributed by atoms with van der Waals surface area (Å²) in [6, 6.07) is 0. The fourth-order valence-corrected chi connectivity index (χ4v) is 2.18. The molecular formula is C11H18O3. The van der Waals surface area contributed by atoms with Crippen molar-refractivity contribution in [1.29, 1.82) is 0 Å². The third kappa shape index (κ3) is 2.00. The molecule has 2 heterocycles. The molecule has 0 N–H and O–H groups in total. The average Bonchev–Trinajstić information content (AvgIpc) is 2.71. The van der Waals surface area contributed by atoms with E-state index < -0.39 is 0 Å². The normalized spacial score (nSPS) is 42.1. The first kappa shape index (κ1) is 10.1. The van der Waals surface area contributed by atoms with E-state index in [1.165, 1.54) is 0 Å². The lowest BCUT2D eigenvalue weighted by atomic mass is 10.1. The zero-order valence-electron chi connectivity index (χ0n) is 8.81. The standard InChI is InChI=1S/C11H18O3/c1-3-4-5-8-6-9-10(13-8)7-11(12-2)14-9/h3-4,8-11H,5-7H2,1-2H3/b4-3+/t8?,9-,10-,11?/m1/s1. The Balaban J connectivity index is 1.81. The van der Waals surface area contributed by atoms with Gasteiger partial charge in [0.25, 0.3) is 0 Å². The zero-order valence-corrected chi connectivity index (χ0v) is 8.81. The molecule has 3 nitrogen and oxygen atoms in total. The smallest absolute Gasteiger partial charge is 0.160 e. The predicted molar refractivity (Wildman–Crippen MR) is 53.0 cm³/mol. The Labute approximate surface area is 85.0 Å². The molecule has 2 aliphatic rings. The summed E-state index contributed by atoms with van der Waals surface area (Å²) in [5.74, 6) is 0. The fourth-order valence-electron chi connectivity index (χ4n) is 2.18. The van der Waals surface area contributed by atoms with Gasteiger partial charge in [0.15, 0.2) is 6.29 Å². The molecule has 4 atom stereocenters. The third-order valence-electron chi connectivity index (χ3n) is 2.93. The van der Waals surface area contributed by atoms with E-state index in [4.69, 9.17) is 14.2 Å². The minimum atomic E-state index is -0.0485. The van der Waals surface area contributed by atoms with E-state index in [9.17, 15) is 0 Å². The van der Waals surface area contributed by atoms with Crippen LogP contribution in [0.2, 0.25) is 0 Å². The molecule has 14 heavy (non-hydrogen) atoms. The van der Waals surface area contributed by atoms with Gasteiger partial charge in [-0.25, -0.2) is 0 Å². The molecule has 0 aromatic carbocycles. The molecule has 2 rings (SSSR count). The Morgan fingerprint density at radius 2 is 2.07 bits per heavy atom. The number of methoxy groups -OCH3 is 1. The SMILES string of the molecule is C/C=C/CC1C[C@H]2OC(OC)C[C@H]2O1. The summed E-state index contributed by atoms with van der Waals surface area (Å²) in [7, 11) is 1.68. The molecule has 0 saturated carbocycles. The molecule has 2 unspecified atom stereocenters. The number of fused-ring (bicyclic) bond motifs is 1. The lowest BCUT2D eigenvalue weighted by Crippen LogP contribution is -2.14. The Morgan fingerprint density at radius 3 is 2.71 bits per heavy atom. The van der Waals surface area contributed by atoms with Crippen LogP contribution >= 0.6 is 0 Å². The molecule has 0 radical (unpaired) electrons. The van der Waals surface area contributed by atoms with Gasteiger partial charge in [-0.05, 0) is 13.3 Å². The van der Waals surface area contributed by atoms with Crippen LogP contribution in [0.15, 0.2) is 12.2 Å². The first-order valence-electron chi connectivity index (χ1n) is 5.28. The highest BCUT2D eigenvalue weighted by atomic mass is 16.7. The third-order valence-corrected chi connectivity index (χ3v) is 2.93. The summed E-state index contributed by atoms with van der Waals surface area (Å²) in [6.07, 6.45) is 7.93. The number of rotatable bonds is 3. The van der Waals surface area contributed by atoms with E-state index in [1.807, 2.05) is 6.92 Å². The van der Waals surface area contributed by atoms with Crippen molar-refractivity contribution in [3.8, 4) is 0 Å². The molecule has 0 aromatic heterocycles. The van der Waals surface area contributed by atoms with Gasteiger partial charge in [0, 0.05) is 20.0 Å². The van der Waals surface area contributed by atoms with Crippen LogP contribution in [0.3, 0.4) is 0 Å². The minimum absolute atomic E-state index is 0.0485. The van der Waals surface area contributed by atoms with Crippen LogP contribution in [0.1, 0.15) is 26.2 Å². The second kappa shape index (κ2) is 4.43. The van der Waals surface area contributed by atoms with Gasteiger partial charge >= 0.3 is 0 Å². The number of hydrogen-bond donors (Lipinski definition) is 0. The van der Waals surface area contributed by atoms with Crippen molar-refractivity contribution in [1.82, 2.24) is 0 Å². The monoisotopic (exact) mass is 198 g/mol. The Hall–Kier alpha value is -0.380. The average molecular weight is 198 g/mol. The van der Waals surface area contributed by atoms with Gasteiger partial charge in [0.2, 0.25) is 0 Å². The van der Waals surface area contributed by atoms with Gasteiger partial charge in [0.05, 0.1) is 18.3 Å². The quantitative estimate of drug-likeness (QED) is 0.648. The van der Waals surface area contributed by atoms with Crippen molar-refractivity contribution in [3.05, 3.63) is 12.2 Å². The van der Waals surface area contributed by atoms with Crippen molar-refractivity contribution in [3.63, 3.8) is 0 Å². The van der Waals surface area contributed by atoms with Crippen molar-refractivity contribution in [2.45, 2.75) is 50.8 Å². The highest BCUT2D eigenvalue weighted by Gasteiger charge is 2.43. The second-order valence-electron chi connectivity index (χ2n) is 3.91. The highest BCUT2D eigenvalue weighted by Crippen LogP contribution is 2.35. The van der Waals surface area contributed by atoms with Gasteiger partial charge in [-0.15, -0.1) is 0 Å². The van der Waals surface area contributed by atoms with E-state index in [0.717, 1.165) is 19.3 Å². The summed E-state index contributed by atoms with van der Waals surface area (Å²) < 4.78 is 16.7. The van der Waals surface area contributed by atoms with Crippen LogP contribution in [-0.2, 0) is 14.2 Å². The van der Waals surface area contributed by atoms with Gasteiger partial charge < -0.3 is 14.2 Å². The fraction of sp³-hybridized carbons (Fsp3) is 0.818. The molecule has 0 aromatic rings. The molecule has 2 saturated heterocycles. The second-order valence-corrected chi connectivity index (χ2v) is 3.91. The summed E-state index contributed by atoms with van der Waals surface area (Å²) >= 11 is 0. The van der Waals surface area contributed by atoms with Crippen LogP contribution in [0.25, 0.3) is 0 Å². The van der Waals surface area contributed by atoms with Gasteiger partial charge in [-0.3, -0.25) is 0 Å². The molecule has 0 spiro atoms. The lowest BCUT2D eigenvalue weighted by Gasteiger charge is -2.12. The van der Waals surface area contributed by atoms with Crippen molar-refractivity contribution < 1.29 is 14.2 Å². The molecule has 2 fully saturated rings.